The molecule has 0 N–H and O–H groups in total. The minimum absolute atomic E-state index is 0.0167. The molecular formula is C13H16N2O. The number of rotatable bonds is 4. The Labute approximate surface area is 96.3 Å². The van der Waals surface area contributed by atoms with Crippen molar-refractivity contribution in [3.05, 3.63) is 35.4 Å². The lowest BCUT2D eigenvalue weighted by Crippen LogP contribution is -2.25. The fourth-order valence-corrected chi connectivity index (χ4v) is 1.53. The first-order valence-corrected chi connectivity index (χ1v) is 5.30. The summed E-state index contributed by atoms with van der Waals surface area (Å²) in [7, 11) is 1.77. The molecule has 1 aromatic carbocycles. The molecule has 3 nitrogen and oxygen atoms in total. The second kappa shape index (κ2) is 5.92. The van der Waals surface area contributed by atoms with Crippen LogP contribution < -0.4 is 0 Å². The summed E-state index contributed by atoms with van der Waals surface area (Å²) in [4.78, 5) is 13.2. The van der Waals surface area contributed by atoms with Crippen molar-refractivity contribution in [3.8, 4) is 6.07 Å². The van der Waals surface area contributed by atoms with Crippen LogP contribution in [0.25, 0.3) is 0 Å². The average molecular weight is 216 g/mol. The lowest BCUT2D eigenvalue weighted by molar-refractivity contribution is -0.130. The standard InChI is InChI=1S/C13H16N2O/c1-11-5-3-6-12(9-11)10-15(2)13(16)7-4-8-14/h3,5-6,9H,4,7,10H2,1-2H3. The van der Waals surface area contributed by atoms with Gasteiger partial charge in [-0.3, -0.25) is 4.79 Å². The molecule has 0 heterocycles. The second-order valence-electron chi connectivity index (χ2n) is 3.90. The van der Waals surface area contributed by atoms with Crippen LogP contribution in [0, 0.1) is 18.3 Å². The van der Waals surface area contributed by atoms with Crippen molar-refractivity contribution in [3.63, 3.8) is 0 Å². The highest BCUT2D eigenvalue weighted by molar-refractivity contribution is 5.76. The molecule has 0 atom stereocenters. The monoisotopic (exact) mass is 216 g/mol. The van der Waals surface area contributed by atoms with E-state index in [1.165, 1.54) is 5.56 Å². The molecule has 0 aliphatic carbocycles. The third-order valence-corrected chi connectivity index (χ3v) is 2.38. The number of benzene rings is 1. The largest absolute Gasteiger partial charge is 0.341 e. The van der Waals surface area contributed by atoms with Gasteiger partial charge in [-0.25, -0.2) is 0 Å². The van der Waals surface area contributed by atoms with E-state index in [-0.39, 0.29) is 12.3 Å². The fraction of sp³-hybridized carbons (Fsp3) is 0.385. The summed E-state index contributed by atoms with van der Waals surface area (Å²) in [5, 5.41) is 8.40. The van der Waals surface area contributed by atoms with Crippen molar-refractivity contribution in [2.24, 2.45) is 0 Å². The van der Waals surface area contributed by atoms with Gasteiger partial charge in [-0.15, -0.1) is 0 Å². The van der Waals surface area contributed by atoms with E-state index in [4.69, 9.17) is 5.26 Å². The van der Waals surface area contributed by atoms with Crippen LogP contribution in [0.1, 0.15) is 24.0 Å². The van der Waals surface area contributed by atoms with Gasteiger partial charge in [0.2, 0.25) is 5.91 Å². The zero-order valence-electron chi connectivity index (χ0n) is 9.73. The Morgan fingerprint density at radius 2 is 2.25 bits per heavy atom. The highest BCUT2D eigenvalue weighted by Crippen LogP contribution is 2.07. The van der Waals surface area contributed by atoms with Crippen LogP contribution >= 0.6 is 0 Å². The minimum Gasteiger partial charge on any atom is -0.341 e. The highest BCUT2D eigenvalue weighted by atomic mass is 16.2. The molecule has 1 amide bonds. The number of nitrogens with zero attached hydrogens (tertiary/aromatic N) is 2. The van der Waals surface area contributed by atoms with Crippen LogP contribution in [0.15, 0.2) is 24.3 Å². The third kappa shape index (κ3) is 3.74. The topological polar surface area (TPSA) is 44.1 Å². The molecule has 1 aromatic rings. The summed E-state index contributed by atoms with van der Waals surface area (Å²) < 4.78 is 0. The van der Waals surface area contributed by atoms with E-state index in [1.807, 2.05) is 31.2 Å². The Balaban J connectivity index is 2.54. The number of nitriles is 1. The molecule has 0 radical (unpaired) electrons. The third-order valence-electron chi connectivity index (χ3n) is 2.38. The fourth-order valence-electron chi connectivity index (χ4n) is 1.53. The summed E-state index contributed by atoms with van der Waals surface area (Å²) >= 11 is 0. The maximum atomic E-state index is 11.6. The molecule has 0 aliphatic rings. The smallest absolute Gasteiger partial charge is 0.223 e. The maximum absolute atomic E-state index is 11.6. The summed E-state index contributed by atoms with van der Waals surface area (Å²) in [6.45, 7) is 2.63. The first-order valence-electron chi connectivity index (χ1n) is 5.30. The number of hydrogen-bond acceptors (Lipinski definition) is 2. The van der Waals surface area contributed by atoms with Gasteiger partial charge in [0.1, 0.15) is 0 Å². The Kier molecular flexibility index (Phi) is 4.53. The van der Waals surface area contributed by atoms with Gasteiger partial charge in [-0.2, -0.15) is 5.26 Å². The van der Waals surface area contributed by atoms with Gasteiger partial charge in [0.15, 0.2) is 0 Å². The number of aryl methyl sites for hydroxylation is 1. The predicted octanol–water partition coefficient (Wildman–Crippen LogP) is 2.26. The molecule has 0 spiro atoms. The van der Waals surface area contributed by atoms with E-state index >= 15 is 0 Å². The minimum atomic E-state index is 0.0167. The molecule has 0 bridgehead atoms. The summed E-state index contributed by atoms with van der Waals surface area (Å²) in [5.41, 5.74) is 2.31. The molecule has 0 saturated heterocycles. The summed E-state index contributed by atoms with van der Waals surface area (Å²) in [5.74, 6) is 0.0167. The number of hydrogen-bond donors (Lipinski definition) is 0. The molecule has 0 fully saturated rings. The lowest BCUT2D eigenvalue weighted by Gasteiger charge is -2.16. The maximum Gasteiger partial charge on any atom is 0.223 e. The predicted molar refractivity (Wildman–Crippen MR) is 62.5 cm³/mol. The van der Waals surface area contributed by atoms with Gasteiger partial charge in [0.05, 0.1) is 6.07 Å². The zero-order valence-corrected chi connectivity index (χ0v) is 9.73. The van der Waals surface area contributed by atoms with Crippen LogP contribution in [0.2, 0.25) is 0 Å². The van der Waals surface area contributed by atoms with Gasteiger partial charge in [-0.1, -0.05) is 29.8 Å². The molecule has 1 rings (SSSR count). The van der Waals surface area contributed by atoms with Crippen LogP contribution in [0.5, 0.6) is 0 Å². The lowest BCUT2D eigenvalue weighted by atomic mass is 10.1. The summed E-state index contributed by atoms with van der Waals surface area (Å²) in [6.07, 6.45) is 0.593. The first-order chi connectivity index (χ1) is 7.63. The van der Waals surface area contributed by atoms with Crippen LogP contribution in [0.3, 0.4) is 0 Å². The van der Waals surface area contributed by atoms with Crippen molar-refractivity contribution in [1.29, 1.82) is 5.26 Å². The van der Waals surface area contributed by atoms with Crippen LogP contribution in [-0.2, 0) is 11.3 Å². The molecular weight excluding hydrogens is 200 g/mol. The van der Waals surface area contributed by atoms with Gasteiger partial charge >= 0.3 is 0 Å². The van der Waals surface area contributed by atoms with Gasteiger partial charge in [-0.05, 0) is 12.5 Å². The molecule has 3 heteroatoms. The highest BCUT2D eigenvalue weighted by Gasteiger charge is 2.08. The van der Waals surface area contributed by atoms with Crippen molar-refractivity contribution >= 4 is 5.91 Å². The van der Waals surface area contributed by atoms with Crippen molar-refractivity contribution in [1.82, 2.24) is 4.90 Å². The van der Waals surface area contributed by atoms with Crippen LogP contribution in [-0.4, -0.2) is 17.9 Å². The molecule has 84 valence electrons. The molecule has 0 aromatic heterocycles. The van der Waals surface area contributed by atoms with Crippen molar-refractivity contribution in [2.75, 3.05) is 7.05 Å². The van der Waals surface area contributed by atoms with Gasteiger partial charge in [0.25, 0.3) is 0 Å². The number of amides is 1. The Bertz CT molecular complexity index is 407. The number of carbonyl (C=O) groups is 1. The van der Waals surface area contributed by atoms with E-state index in [0.29, 0.717) is 13.0 Å². The van der Waals surface area contributed by atoms with E-state index < -0.39 is 0 Å². The van der Waals surface area contributed by atoms with Gasteiger partial charge < -0.3 is 4.90 Å². The van der Waals surface area contributed by atoms with E-state index in [1.54, 1.807) is 11.9 Å². The van der Waals surface area contributed by atoms with E-state index in [0.717, 1.165) is 5.56 Å². The molecule has 0 aliphatic heterocycles. The second-order valence-corrected chi connectivity index (χ2v) is 3.90. The SMILES string of the molecule is Cc1cccc(CN(C)C(=O)CCC#N)c1. The van der Waals surface area contributed by atoms with E-state index in [2.05, 4.69) is 6.07 Å². The van der Waals surface area contributed by atoms with Crippen molar-refractivity contribution < 1.29 is 4.79 Å². The Hall–Kier alpha value is -1.82. The molecule has 0 unspecified atom stereocenters. The van der Waals surface area contributed by atoms with Crippen molar-refractivity contribution in [2.45, 2.75) is 26.3 Å². The van der Waals surface area contributed by atoms with Crippen LogP contribution in [0.4, 0.5) is 0 Å². The normalized spacial score (nSPS) is 9.56. The molecule has 0 saturated carbocycles. The number of carbonyl (C=O) groups excluding carboxylic acids is 1. The first kappa shape index (κ1) is 12.3. The summed E-state index contributed by atoms with van der Waals surface area (Å²) in [6, 6.07) is 10.1. The zero-order chi connectivity index (χ0) is 12.0. The Morgan fingerprint density at radius 1 is 1.50 bits per heavy atom. The van der Waals surface area contributed by atoms with Gasteiger partial charge in [0, 0.05) is 26.4 Å². The Morgan fingerprint density at radius 3 is 2.88 bits per heavy atom. The molecule has 16 heavy (non-hydrogen) atoms. The van der Waals surface area contributed by atoms with E-state index in [9.17, 15) is 4.79 Å². The quantitative estimate of drug-likeness (QED) is 0.774. The average Bonchev–Trinajstić information content (AvgIpc) is 2.25.